The topological polar surface area (TPSA) is 21.3 Å². The van der Waals surface area contributed by atoms with Crippen molar-refractivity contribution < 1.29 is 4.74 Å². The highest BCUT2D eigenvalue weighted by Gasteiger charge is 2.09. The molecule has 0 aromatic heterocycles. The Labute approximate surface area is 157 Å². The zero-order chi connectivity index (χ0) is 18.0. The van der Waals surface area contributed by atoms with Gasteiger partial charge in [0.15, 0.2) is 5.75 Å². The van der Waals surface area contributed by atoms with Crippen molar-refractivity contribution in [2.75, 3.05) is 11.9 Å². The fourth-order valence-corrected chi connectivity index (χ4v) is 3.23. The van der Waals surface area contributed by atoms with Gasteiger partial charge in [-0.3, -0.25) is 0 Å². The molecule has 0 heterocycles. The summed E-state index contributed by atoms with van der Waals surface area (Å²) in [6, 6.07) is 23.0. The van der Waals surface area contributed by atoms with Crippen LogP contribution in [0, 0.1) is 0 Å². The Balaban J connectivity index is 1.71. The largest absolute Gasteiger partial charge is 0.491 e. The maximum Gasteiger partial charge on any atom is 0.150 e. The van der Waals surface area contributed by atoms with E-state index in [4.69, 9.17) is 4.74 Å². The predicted molar refractivity (Wildman–Crippen MR) is 113 cm³/mol. The minimum absolute atomic E-state index is 0.767. The van der Waals surface area contributed by atoms with Crippen molar-refractivity contribution in [1.82, 2.24) is 0 Å². The summed E-state index contributed by atoms with van der Waals surface area (Å²) in [5.74, 6) is 0.959. The van der Waals surface area contributed by atoms with E-state index in [0.717, 1.165) is 30.2 Å². The van der Waals surface area contributed by atoms with E-state index in [1.54, 1.807) is 0 Å². The third-order valence-electron chi connectivity index (χ3n) is 4.68. The summed E-state index contributed by atoms with van der Waals surface area (Å²) in [4.78, 5) is 0. The van der Waals surface area contributed by atoms with Crippen LogP contribution in [-0.4, -0.2) is 6.61 Å². The van der Waals surface area contributed by atoms with Crippen LogP contribution < -0.4 is 10.1 Å². The molecule has 3 aromatic carbocycles. The van der Waals surface area contributed by atoms with Crippen LogP contribution in [0.4, 0.5) is 11.4 Å². The van der Waals surface area contributed by atoms with Crippen LogP contribution in [-0.2, 0) is 0 Å². The minimum atomic E-state index is 0.767. The summed E-state index contributed by atoms with van der Waals surface area (Å²) < 4.78 is 6.27. The molecule has 2 heteroatoms. The Morgan fingerprint density at radius 2 is 1.46 bits per heavy atom. The molecule has 1 N–H and O–H groups in total. The van der Waals surface area contributed by atoms with E-state index >= 15 is 0 Å². The molecule has 0 spiro atoms. The number of rotatable bonds is 10. The molecular weight excluding hydrogens is 318 g/mol. The highest BCUT2D eigenvalue weighted by atomic mass is 16.5. The molecule has 2 nitrogen and oxygen atoms in total. The van der Waals surface area contributed by atoms with E-state index < -0.39 is 0 Å². The molecule has 0 saturated heterocycles. The van der Waals surface area contributed by atoms with E-state index in [-0.39, 0.29) is 0 Å². The molecule has 0 aliphatic carbocycles. The molecule has 0 saturated carbocycles. The number of hydrogen-bond acceptors (Lipinski definition) is 2. The molecular formula is C24H29NO. The van der Waals surface area contributed by atoms with Crippen LogP contribution in [0.15, 0.2) is 66.7 Å². The molecule has 0 amide bonds. The fraction of sp³-hybridized carbons (Fsp3) is 0.333. The van der Waals surface area contributed by atoms with Gasteiger partial charge in [0.05, 0.1) is 12.3 Å². The van der Waals surface area contributed by atoms with E-state index in [2.05, 4.69) is 60.8 Å². The number of benzene rings is 3. The normalized spacial score (nSPS) is 10.8. The highest BCUT2D eigenvalue weighted by Crippen LogP contribution is 2.35. The number of para-hydroxylation sites is 1. The van der Waals surface area contributed by atoms with Crippen molar-refractivity contribution in [3.63, 3.8) is 0 Å². The maximum atomic E-state index is 6.27. The molecule has 0 aliphatic heterocycles. The first-order valence-electron chi connectivity index (χ1n) is 9.85. The predicted octanol–water partition coefficient (Wildman–Crippen LogP) is 7.32. The van der Waals surface area contributed by atoms with Crippen molar-refractivity contribution in [2.45, 2.75) is 45.4 Å². The summed E-state index contributed by atoms with van der Waals surface area (Å²) in [5, 5.41) is 5.89. The number of ether oxygens (including phenoxy) is 1. The second-order valence-corrected chi connectivity index (χ2v) is 6.77. The standard InChI is InChI=1S/C24H29NO/c1-2-3-4-5-6-12-19-26-24-22-16-11-10-13-20(22)17-18-23(24)25-21-14-8-7-9-15-21/h7-11,13-18,25H,2-6,12,19H2,1H3. The third-order valence-corrected chi connectivity index (χ3v) is 4.68. The molecule has 0 unspecified atom stereocenters. The smallest absolute Gasteiger partial charge is 0.150 e. The van der Waals surface area contributed by atoms with Crippen LogP contribution in [0.1, 0.15) is 45.4 Å². The molecule has 0 radical (unpaired) electrons. The maximum absolute atomic E-state index is 6.27. The van der Waals surface area contributed by atoms with Gasteiger partial charge in [-0.2, -0.15) is 0 Å². The fourth-order valence-electron chi connectivity index (χ4n) is 3.23. The van der Waals surface area contributed by atoms with E-state index in [1.807, 2.05) is 18.2 Å². The van der Waals surface area contributed by atoms with E-state index in [9.17, 15) is 0 Å². The van der Waals surface area contributed by atoms with Crippen molar-refractivity contribution in [1.29, 1.82) is 0 Å². The Bertz CT molecular complexity index is 798. The number of nitrogens with one attached hydrogen (secondary N) is 1. The second kappa shape index (κ2) is 9.86. The van der Waals surface area contributed by atoms with Crippen molar-refractivity contribution in [3.8, 4) is 5.75 Å². The zero-order valence-corrected chi connectivity index (χ0v) is 15.7. The quantitative estimate of drug-likeness (QED) is 0.388. The monoisotopic (exact) mass is 347 g/mol. The number of anilines is 2. The third kappa shape index (κ3) is 5.01. The van der Waals surface area contributed by atoms with Gasteiger partial charge < -0.3 is 10.1 Å². The summed E-state index contributed by atoms with van der Waals surface area (Å²) >= 11 is 0. The van der Waals surface area contributed by atoms with Gasteiger partial charge in [-0.1, -0.05) is 87.6 Å². The Morgan fingerprint density at radius 3 is 2.31 bits per heavy atom. The van der Waals surface area contributed by atoms with Crippen LogP contribution in [0.2, 0.25) is 0 Å². The van der Waals surface area contributed by atoms with Gasteiger partial charge in [0, 0.05) is 11.1 Å². The lowest BCUT2D eigenvalue weighted by Gasteiger charge is -2.16. The summed E-state index contributed by atoms with van der Waals surface area (Å²) in [6.07, 6.45) is 7.63. The minimum Gasteiger partial charge on any atom is -0.491 e. The van der Waals surface area contributed by atoms with E-state index in [1.165, 1.54) is 42.9 Å². The number of unbranched alkanes of at least 4 members (excludes halogenated alkanes) is 5. The molecule has 26 heavy (non-hydrogen) atoms. The average molecular weight is 348 g/mol. The molecule has 3 aromatic rings. The first-order chi connectivity index (χ1) is 12.9. The molecule has 0 bridgehead atoms. The SMILES string of the molecule is CCCCCCCCOc1c(Nc2ccccc2)ccc2ccccc12. The lowest BCUT2D eigenvalue weighted by molar-refractivity contribution is 0.309. The van der Waals surface area contributed by atoms with Gasteiger partial charge in [-0.05, 0) is 30.0 Å². The lowest BCUT2D eigenvalue weighted by atomic mass is 10.1. The van der Waals surface area contributed by atoms with Gasteiger partial charge in [-0.15, -0.1) is 0 Å². The zero-order valence-electron chi connectivity index (χ0n) is 15.7. The van der Waals surface area contributed by atoms with Crippen LogP contribution in [0.25, 0.3) is 10.8 Å². The van der Waals surface area contributed by atoms with Gasteiger partial charge in [0.2, 0.25) is 0 Å². The van der Waals surface area contributed by atoms with Crippen molar-refractivity contribution >= 4 is 22.1 Å². The van der Waals surface area contributed by atoms with Gasteiger partial charge >= 0.3 is 0 Å². The molecule has 0 aliphatic rings. The second-order valence-electron chi connectivity index (χ2n) is 6.77. The summed E-state index contributed by atoms with van der Waals surface area (Å²) in [7, 11) is 0. The number of hydrogen-bond donors (Lipinski definition) is 1. The van der Waals surface area contributed by atoms with Gasteiger partial charge in [0.25, 0.3) is 0 Å². The van der Waals surface area contributed by atoms with Crippen LogP contribution in [0.5, 0.6) is 5.75 Å². The van der Waals surface area contributed by atoms with Gasteiger partial charge in [-0.25, -0.2) is 0 Å². The van der Waals surface area contributed by atoms with Crippen molar-refractivity contribution in [3.05, 3.63) is 66.7 Å². The van der Waals surface area contributed by atoms with Crippen LogP contribution >= 0.6 is 0 Å². The first kappa shape index (κ1) is 18.3. The lowest BCUT2D eigenvalue weighted by Crippen LogP contribution is -2.01. The van der Waals surface area contributed by atoms with Crippen LogP contribution in [0.3, 0.4) is 0 Å². The first-order valence-corrected chi connectivity index (χ1v) is 9.85. The van der Waals surface area contributed by atoms with Crippen molar-refractivity contribution in [2.24, 2.45) is 0 Å². The Hall–Kier alpha value is -2.48. The van der Waals surface area contributed by atoms with Gasteiger partial charge in [0.1, 0.15) is 0 Å². The summed E-state index contributed by atoms with van der Waals surface area (Å²) in [6.45, 7) is 3.02. The molecule has 136 valence electrons. The van der Waals surface area contributed by atoms with E-state index in [0.29, 0.717) is 0 Å². The Morgan fingerprint density at radius 1 is 0.731 bits per heavy atom. The Kier molecular flexibility index (Phi) is 6.95. The molecule has 0 atom stereocenters. The molecule has 0 fully saturated rings. The molecule has 3 rings (SSSR count). The average Bonchev–Trinajstić information content (AvgIpc) is 2.69. The highest BCUT2D eigenvalue weighted by molar-refractivity contribution is 5.94. The number of fused-ring (bicyclic) bond motifs is 1. The summed E-state index contributed by atoms with van der Waals surface area (Å²) in [5.41, 5.74) is 2.10.